The van der Waals surface area contributed by atoms with Crippen LogP contribution < -0.4 is 5.56 Å². The average Bonchev–Trinajstić information content (AvgIpc) is 2.86. The Morgan fingerprint density at radius 1 is 1.15 bits per heavy atom. The van der Waals surface area contributed by atoms with E-state index in [2.05, 4.69) is 25.9 Å². The third-order valence-electron chi connectivity index (χ3n) is 2.77. The summed E-state index contributed by atoms with van der Waals surface area (Å²) < 4.78 is 5.81. The molecular formula is C14H9BrN2O3. The van der Waals surface area contributed by atoms with Gasteiger partial charge in [0.05, 0.1) is 0 Å². The number of benzene rings is 1. The number of halogens is 1. The van der Waals surface area contributed by atoms with E-state index in [1.807, 2.05) is 6.07 Å². The fraction of sp³-hybridized carbons (Fsp3) is 0. The zero-order valence-electron chi connectivity index (χ0n) is 10.1. The van der Waals surface area contributed by atoms with Gasteiger partial charge in [0.2, 0.25) is 5.88 Å². The third-order valence-corrected chi connectivity index (χ3v) is 3.20. The Bertz CT molecular complexity index is 809. The van der Waals surface area contributed by atoms with Gasteiger partial charge in [-0.3, -0.25) is 4.79 Å². The van der Waals surface area contributed by atoms with Crippen molar-refractivity contribution in [1.29, 1.82) is 0 Å². The molecule has 3 rings (SSSR count). The molecule has 0 aliphatic heterocycles. The van der Waals surface area contributed by atoms with Crippen molar-refractivity contribution >= 4 is 15.9 Å². The molecule has 2 heterocycles. The van der Waals surface area contributed by atoms with E-state index >= 15 is 0 Å². The second-order valence-corrected chi connectivity index (χ2v) is 4.86. The molecule has 0 radical (unpaired) electrons. The Labute approximate surface area is 122 Å². The lowest BCUT2D eigenvalue weighted by molar-refractivity contribution is 0.452. The van der Waals surface area contributed by atoms with Gasteiger partial charge < -0.3 is 14.5 Å². The Balaban J connectivity index is 2.15. The van der Waals surface area contributed by atoms with Crippen LogP contribution >= 0.6 is 15.9 Å². The van der Waals surface area contributed by atoms with E-state index in [1.165, 1.54) is 0 Å². The molecule has 0 atom stereocenters. The van der Waals surface area contributed by atoms with Crippen LogP contribution in [0.15, 0.2) is 56.3 Å². The zero-order valence-corrected chi connectivity index (χ0v) is 11.7. The highest BCUT2D eigenvalue weighted by Crippen LogP contribution is 2.27. The first kappa shape index (κ1) is 12.7. The lowest BCUT2D eigenvalue weighted by Gasteiger charge is -2.04. The molecule has 20 heavy (non-hydrogen) atoms. The molecule has 0 aliphatic rings. The van der Waals surface area contributed by atoms with Crippen molar-refractivity contribution < 1.29 is 9.52 Å². The van der Waals surface area contributed by atoms with Gasteiger partial charge in [0.15, 0.2) is 16.3 Å². The largest absolute Gasteiger partial charge is 0.493 e. The van der Waals surface area contributed by atoms with E-state index in [0.29, 0.717) is 16.0 Å². The molecule has 2 aromatic heterocycles. The molecule has 0 saturated carbocycles. The quantitative estimate of drug-likeness (QED) is 0.755. The number of hydrogen-bond donors (Lipinski definition) is 2. The Kier molecular flexibility index (Phi) is 3.15. The first-order chi connectivity index (χ1) is 9.65. The van der Waals surface area contributed by atoms with E-state index < -0.39 is 5.56 Å². The third kappa shape index (κ3) is 2.25. The number of aromatic amines is 1. The van der Waals surface area contributed by atoms with Gasteiger partial charge >= 0.3 is 0 Å². The summed E-state index contributed by atoms with van der Waals surface area (Å²) in [5.41, 5.74) is 0.317. The maximum atomic E-state index is 12.1. The molecule has 0 bridgehead atoms. The van der Waals surface area contributed by atoms with Gasteiger partial charge in [0, 0.05) is 0 Å². The molecule has 0 amide bonds. The van der Waals surface area contributed by atoms with Crippen LogP contribution in [-0.2, 0) is 0 Å². The average molecular weight is 333 g/mol. The molecule has 6 heteroatoms. The van der Waals surface area contributed by atoms with E-state index in [-0.39, 0.29) is 17.3 Å². The number of nitrogens with zero attached hydrogens (tertiary/aromatic N) is 1. The lowest BCUT2D eigenvalue weighted by Crippen LogP contribution is -2.11. The maximum absolute atomic E-state index is 12.1. The molecule has 5 nitrogen and oxygen atoms in total. The molecule has 0 saturated heterocycles. The highest BCUT2D eigenvalue weighted by molar-refractivity contribution is 9.10. The van der Waals surface area contributed by atoms with Crippen molar-refractivity contribution in [3.05, 3.63) is 57.5 Å². The van der Waals surface area contributed by atoms with Crippen LogP contribution in [-0.4, -0.2) is 15.1 Å². The molecule has 0 fully saturated rings. The van der Waals surface area contributed by atoms with Gasteiger partial charge in [-0.25, -0.2) is 0 Å². The van der Waals surface area contributed by atoms with Crippen molar-refractivity contribution in [3.8, 4) is 28.6 Å². The van der Waals surface area contributed by atoms with Gasteiger partial charge in [-0.1, -0.05) is 30.3 Å². The van der Waals surface area contributed by atoms with Crippen LogP contribution in [0, 0.1) is 0 Å². The minimum atomic E-state index is -0.425. The van der Waals surface area contributed by atoms with E-state index in [4.69, 9.17) is 4.42 Å². The summed E-state index contributed by atoms with van der Waals surface area (Å²) in [6.45, 7) is 0. The standard InChI is InChI=1S/C14H9BrN2O3/c15-10-7-6-9(20-10)12-16-13(18)11(14(19)17-12)8-4-2-1-3-5-8/h1-7H,(H2,16,17,18,19). The minimum absolute atomic E-state index is 0.139. The molecule has 0 spiro atoms. The van der Waals surface area contributed by atoms with Gasteiger partial charge in [-0.05, 0) is 33.6 Å². The van der Waals surface area contributed by atoms with Crippen LogP contribution in [0.1, 0.15) is 0 Å². The molecule has 0 aliphatic carbocycles. The Morgan fingerprint density at radius 2 is 1.90 bits per heavy atom. The summed E-state index contributed by atoms with van der Waals surface area (Å²) >= 11 is 3.17. The van der Waals surface area contributed by atoms with Crippen molar-refractivity contribution in [2.75, 3.05) is 0 Å². The lowest BCUT2D eigenvalue weighted by atomic mass is 10.1. The SMILES string of the molecule is O=c1[nH]c(-c2ccc(Br)o2)nc(O)c1-c1ccccc1. The van der Waals surface area contributed by atoms with Crippen LogP contribution in [0.2, 0.25) is 0 Å². The van der Waals surface area contributed by atoms with Gasteiger partial charge in [-0.2, -0.15) is 4.98 Å². The number of aromatic nitrogens is 2. The van der Waals surface area contributed by atoms with E-state index in [9.17, 15) is 9.90 Å². The number of aromatic hydroxyl groups is 1. The molecule has 1 aromatic carbocycles. The predicted octanol–water partition coefficient (Wildman–Crippen LogP) is 3.17. The monoisotopic (exact) mass is 332 g/mol. The summed E-state index contributed by atoms with van der Waals surface area (Å²) in [4.78, 5) is 18.7. The maximum Gasteiger partial charge on any atom is 0.263 e. The smallest absolute Gasteiger partial charge is 0.263 e. The van der Waals surface area contributed by atoms with Crippen LogP contribution in [0.3, 0.4) is 0 Å². The Hall–Kier alpha value is -2.34. The summed E-state index contributed by atoms with van der Waals surface area (Å²) in [5.74, 6) is 0.212. The Morgan fingerprint density at radius 3 is 2.50 bits per heavy atom. The van der Waals surface area contributed by atoms with Crippen LogP contribution in [0.4, 0.5) is 0 Å². The van der Waals surface area contributed by atoms with Gasteiger partial charge in [0.1, 0.15) is 5.56 Å². The highest BCUT2D eigenvalue weighted by atomic mass is 79.9. The van der Waals surface area contributed by atoms with E-state index in [1.54, 1.807) is 36.4 Å². The highest BCUT2D eigenvalue weighted by Gasteiger charge is 2.15. The van der Waals surface area contributed by atoms with Gasteiger partial charge in [-0.15, -0.1) is 0 Å². The van der Waals surface area contributed by atoms with Gasteiger partial charge in [0.25, 0.3) is 5.56 Å². The molecule has 0 unspecified atom stereocenters. The van der Waals surface area contributed by atoms with Crippen molar-refractivity contribution in [3.63, 3.8) is 0 Å². The summed E-state index contributed by atoms with van der Waals surface area (Å²) in [6, 6.07) is 12.2. The fourth-order valence-electron chi connectivity index (χ4n) is 1.88. The van der Waals surface area contributed by atoms with Crippen molar-refractivity contribution in [1.82, 2.24) is 9.97 Å². The fourth-order valence-corrected chi connectivity index (χ4v) is 2.19. The second-order valence-electron chi connectivity index (χ2n) is 4.08. The number of rotatable bonds is 2. The minimum Gasteiger partial charge on any atom is -0.493 e. The molecule has 3 aromatic rings. The molecular weight excluding hydrogens is 324 g/mol. The number of nitrogens with one attached hydrogen (secondary N) is 1. The first-order valence-electron chi connectivity index (χ1n) is 5.79. The number of hydrogen-bond acceptors (Lipinski definition) is 4. The first-order valence-corrected chi connectivity index (χ1v) is 6.59. The van der Waals surface area contributed by atoms with Crippen molar-refractivity contribution in [2.45, 2.75) is 0 Å². The second kappa shape index (κ2) is 4.97. The zero-order chi connectivity index (χ0) is 14.1. The summed E-state index contributed by atoms with van der Waals surface area (Å²) in [7, 11) is 0. The normalized spacial score (nSPS) is 10.7. The van der Waals surface area contributed by atoms with Crippen LogP contribution in [0.5, 0.6) is 5.88 Å². The molecule has 100 valence electrons. The summed E-state index contributed by atoms with van der Waals surface area (Å²) in [6.07, 6.45) is 0. The van der Waals surface area contributed by atoms with E-state index in [0.717, 1.165) is 0 Å². The number of furan rings is 1. The summed E-state index contributed by atoms with van der Waals surface area (Å²) in [5, 5.41) is 10.0. The predicted molar refractivity (Wildman–Crippen MR) is 77.4 cm³/mol. The molecule has 2 N–H and O–H groups in total. The van der Waals surface area contributed by atoms with Crippen molar-refractivity contribution in [2.24, 2.45) is 0 Å². The number of H-pyrrole nitrogens is 1. The van der Waals surface area contributed by atoms with Crippen LogP contribution in [0.25, 0.3) is 22.7 Å². The topological polar surface area (TPSA) is 79.1 Å².